The Morgan fingerprint density at radius 2 is 2.07 bits per heavy atom. The number of hydrogen-bond donors (Lipinski definition) is 1. The number of benzene rings is 1. The summed E-state index contributed by atoms with van der Waals surface area (Å²) in [5, 5.41) is 0.900. The van der Waals surface area contributed by atoms with E-state index >= 15 is 0 Å². The summed E-state index contributed by atoms with van der Waals surface area (Å²) < 4.78 is 12.7. The van der Waals surface area contributed by atoms with E-state index in [1.165, 1.54) is 12.1 Å². The number of aromatic amines is 1. The standard InChI is InChI=1S/C11H11FN2S/c1-2-15-11-13-7-10(14-11)8-3-5-9(12)6-4-8/h3-7H,2H2,1H3,(H,13,14). The van der Waals surface area contributed by atoms with Gasteiger partial charge in [-0.3, -0.25) is 0 Å². The molecule has 2 rings (SSSR count). The molecule has 0 aliphatic rings. The van der Waals surface area contributed by atoms with Crippen LogP contribution in [0.5, 0.6) is 0 Å². The Labute approximate surface area is 91.9 Å². The number of rotatable bonds is 3. The van der Waals surface area contributed by atoms with Crippen LogP contribution in [-0.4, -0.2) is 15.7 Å². The lowest BCUT2D eigenvalue weighted by Crippen LogP contribution is -1.79. The Morgan fingerprint density at radius 1 is 1.33 bits per heavy atom. The molecule has 1 aromatic carbocycles. The highest BCUT2D eigenvalue weighted by Gasteiger charge is 2.02. The first kappa shape index (κ1) is 10.2. The lowest BCUT2D eigenvalue weighted by Gasteiger charge is -1.96. The maximum absolute atomic E-state index is 12.7. The third-order valence-corrected chi connectivity index (χ3v) is 2.76. The molecule has 78 valence electrons. The summed E-state index contributed by atoms with van der Waals surface area (Å²) in [4.78, 5) is 7.40. The second-order valence-electron chi connectivity index (χ2n) is 3.04. The molecule has 15 heavy (non-hydrogen) atoms. The second kappa shape index (κ2) is 4.49. The number of nitrogens with one attached hydrogen (secondary N) is 1. The molecular weight excluding hydrogens is 211 g/mol. The number of halogens is 1. The molecule has 0 amide bonds. The Morgan fingerprint density at radius 3 is 2.73 bits per heavy atom. The van der Waals surface area contributed by atoms with E-state index in [-0.39, 0.29) is 5.82 Å². The quantitative estimate of drug-likeness (QED) is 0.807. The summed E-state index contributed by atoms with van der Waals surface area (Å²) in [7, 11) is 0. The first-order valence-corrected chi connectivity index (χ1v) is 5.72. The highest BCUT2D eigenvalue weighted by atomic mass is 32.2. The minimum atomic E-state index is -0.221. The number of aromatic nitrogens is 2. The molecule has 0 spiro atoms. The summed E-state index contributed by atoms with van der Waals surface area (Å²) in [6, 6.07) is 6.37. The van der Waals surface area contributed by atoms with Gasteiger partial charge in [0.05, 0.1) is 11.9 Å². The van der Waals surface area contributed by atoms with Gasteiger partial charge in [0.1, 0.15) is 5.82 Å². The van der Waals surface area contributed by atoms with E-state index in [0.717, 1.165) is 22.2 Å². The smallest absolute Gasteiger partial charge is 0.165 e. The van der Waals surface area contributed by atoms with E-state index in [9.17, 15) is 4.39 Å². The fourth-order valence-electron chi connectivity index (χ4n) is 1.29. The van der Waals surface area contributed by atoms with Gasteiger partial charge in [0.2, 0.25) is 0 Å². The average Bonchev–Trinajstić information content (AvgIpc) is 2.68. The molecule has 1 aromatic heterocycles. The molecule has 0 unspecified atom stereocenters. The van der Waals surface area contributed by atoms with Gasteiger partial charge in [0.15, 0.2) is 5.16 Å². The van der Waals surface area contributed by atoms with Crippen molar-refractivity contribution in [1.29, 1.82) is 0 Å². The number of imidazole rings is 1. The van der Waals surface area contributed by atoms with Crippen molar-refractivity contribution in [2.45, 2.75) is 12.1 Å². The van der Waals surface area contributed by atoms with Crippen molar-refractivity contribution in [3.05, 3.63) is 36.3 Å². The van der Waals surface area contributed by atoms with Crippen molar-refractivity contribution >= 4 is 11.8 Å². The Balaban J connectivity index is 2.25. The number of hydrogen-bond acceptors (Lipinski definition) is 2. The fraction of sp³-hybridized carbons (Fsp3) is 0.182. The monoisotopic (exact) mass is 222 g/mol. The Kier molecular flexibility index (Phi) is 3.06. The Hall–Kier alpha value is -1.29. The van der Waals surface area contributed by atoms with Gasteiger partial charge in [-0.15, -0.1) is 0 Å². The summed E-state index contributed by atoms with van der Waals surface area (Å²) >= 11 is 1.65. The van der Waals surface area contributed by atoms with Crippen LogP contribution in [-0.2, 0) is 0 Å². The van der Waals surface area contributed by atoms with Crippen molar-refractivity contribution in [3.63, 3.8) is 0 Å². The molecule has 0 aliphatic carbocycles. The molecule has 0 fully saturated rings. The molecule has 1 heterocycles. The molecule has 2 nitrogen and oxygen atoms in total. The Bertz CT molecular complexity index is 436. The van der Waals surface area contributed by atoms with Crippen LogP contribution in [0.3, 0.4) is 0 Å². The summed E-state index contributed by atoms with van der Waals surface area (Å²) in [6.07, 6.45) is 1.77. The van der Waals surface area contributed by atoms with Crippen LogP contribution < -0.4 is 0 Å². The molecule has 0 saturated carbocycles. The van der Waals surface area contributed by atoms with E-state index < -0.39 is 0 Å². The van der Waals surface area contributed by atoms with Crippen LogP contribution >= 0.6 is 11.8 Å². The fourth-order valence-corrected chi connectivity index (χ4v) is 1.87. The summed E-state index contributed by atoms with van der Waals surface area (Å²) in [5.41, 5.74) is 1.87. The highest BCUT2D eigenvalue weighted by Crippen LogP contribution is 2.21. The predicted molar refractivity (Wildman–Crippen MR) is 60.4 cm³/mol. The zero-order chi connectivity index (χ0) is 10.7. The van der Waals surface area contributed by atoms with Crippen molar-refractivity contribution in [2.75, 3.05) is 5.75 Å². The molecule has 1 N–H and O–H groups in total. The van der Waals surface area contributed by atoms with Crippen LogP contribution in [0.15, 0.2) is 35.6 Å². The molecule has 0 radical (unpaired) electrons. The predicted octanol–water partition coefficient (Wildman–Crippen LogP) is 3.33. The van der Waals surface area contributed by atoms with Gasteiger partial charge in [-0.1, -0.05) is 18.7 Å². The van der Waals surface area contributed by atoms with E-state index in [2.05, 4.69) is 16.9 Å². The molecule has 0 saturated heterocycles. The van der Waals surface area contributed by atoms with Gasteiger partial charge in [0.25, 0.3) is 0 Å². The maximum atomic E-state index is 12.7. The number of thioether (sulfide) groups is 1. The van der Waals surface area contributed by atoms with Gasteiger partial charge in [-0.25, -0.2) is 9.37 Å². The summed E-state index contributed by atoms with van der Waals surface area (Å²) in [6.45, 7) is 2.07. The maximum Gasteiger partial charge on any atom is 0.165 e. The van der Waals surface area contributed by atoms with E-state index in [0.29, 0.717) is 0 Å². The van der Waals surface area contributed by atoms with E-state index in [1.807, 2.05) is 0 Å². The molecule has 4 heteroatoms. The lowest BCUT2D eigenvalue weighted by molar-refractivity contribution is 0.628. The van der Waals surface area contributed by atoms with E-state index in [4.69, 9.17) is 0 Å². The molecule has 0 aliphatic heterocycles. The third kappa shape index (κ3) is 2.39. The SMILES string of the molecule is CCSc1ncc(-c2ccc(F)cc2)[nH]1. The highest BCUT2D eigenvalue weighted by molar-refractivity contribution is 7.99. The van der Waals surface area contributed by atoms with Crippen molar-refractivity contribution in [2.24, 2.45) is 0 Å². The van der Waals surface area contributed by atoms with Crippen molar-refractivity contribution in [1.82, 2.24) is 9.97 Å². The topological polar surface area (TPSA) is 28.7 Å². The van der Waals surface area contributed by atoms with Crippen LogP contribution in [0.25, 0.3) is 11.3 Å². The van der Waals surface area contributed by atoms with Crippen LogP contribution in [0.4, 0.5) is 4.39 Å². The lowest BCUT2D eigenvalue weighted by atomic mass is 10.2. The van der Waals surface area contributed by atoms with Gasteiger partial charge < -0.3 is 4.98 Å². The van der Waals surface area contributed by atoms with Gasteiger partial charge in [0, 0.05) is 0 Å². The van der Waals surface area contributed by atoms with Gasteiger partial charge >= 0.3 is 0 Å². The molecule has 0 atom stereocenters. The van der Waals surface area contributed by atoms with Gasteiger partial charge in [-0.05, 0) is 35.6 Å². The van der Waals surface area contributed by atoms with Gasteiger partial charge in [-0.2, -0.15) is 0 Å². The van der Waals surface area contributed by atoms with Crippen molar-refractivity contribution in [3.8, 4) is 11.3 Å². The zero-order valence-corrected chi connectivity index (χ0v) is 9.14. The molecular formula is C11H11FN2S. The minimum absolute atomic E-state index is 0.221. The van der Waals surface area contributed by atoms with Crippen molar-refractivity contribution < 1.29 is 4.39 Å². The summed E-state index contributed by atoms with van der Waals surface area (Å²) in [5.74, 6) is 0.762. The zero-order valence-electron chi connectivity index (χ0n) is 8.33. The molecule has 2 aromatic rings. The number of nitrogens with zero attached hydrogens (tertiary/aromatic N) is 1. The first-order valence-electron chi connectivity index (χ1n) is 4.73. The third-order valence-electron chi connectivity index (χ3n) is 1.99. The average molecular weight is 222 g/mol. The minimum Gasteiger partial charge on any atom is -0.333 e. The van der Waals surface area contributed by atoms with Crippen LogP contribution in [0.1, 0.15) is 6.92 Å². The van der Waals surface area contributed by atoms with Crippen LogP contribution in [0, 0.1) is 5.82 Å². The number of H-pyrrole nitrogens is 1. The normalized spacial score (nSPS) is 10.5. The second-order valence-corrected chi connectivity index (χ2v) is 4.29. The van der Waals surface area contributed by atoms with Crippen LogP contribution in [0.2, 0.25) is 0 Å². The largest absolute Gasteiger partial charge is 0.333 e. The van der Waals surface area contributed by atoms with E-state index in [1.54, 1.807) is 30.1 Å². The molecule has 0 bridgehead atoms. The first-order chi connectivity index (χ1) is 7.29.